The summed E-state index contributed by atoms with van der Waals surface area (Å²) in [7, 11) is 1.58. The summed E-state index contributed by atoms with van der Waals surface area (Å²) in [5, 5.41) is 0. The number of carbonyl (C=O) groups excluding carboxylic acids is 2. The van der Waals surface area contributed by atoms with Gasteiger partial charge >= 0.3 is 5.97 Å². The third kappa shape index (κ3) is 4.51. The van der Waals surface area contributed by atoms with E-state index in [2.05, 4.69) is 4.98 Å². The largest absolute Gasteiger partial charge is 0.452 e. The molecule has 32 heavy (non-hydrogen) atoms. The van der Waals surface area contributed by atoms with Crippen molar-refractivity contribution >= 4 is 22.9 Å². The standard InChI is InChI=1S/C25H22FN3O3/c1-17-27-22-14-19(11-12-23(22)29(17)21-9-4-3-5-10-21)25(31)32-16-24(30)28(2)15-18-7-6-8-20(26)13-18/h3-14H,15-16H2,1-2H3. The normalized spacial score (nSPS) is 10.8. The molecule has 0 spiro atoms. The Bertz CT molecular complexity index is 1280. The Labute approximate surface area is 184 Å². The van der Waals surface area contributed by atoms with Crippen LogP contribution in [0.2, 0.25) is 0 Å². The fraction of sp³-hybridized carbons (Fsp3) is 0.160. The van der Waals surface area contributed by atoms with Crippen molar-refractivity contribution in [2.24, 2.45) is 0 Å². The molecule has 162 valence electrons. The zero-order valence-corrected chi connectivity index (χ0v) is 17.8. The molecule has 0 unspecified atom stereocenters. The number of ether oxygens (including phenoxy) is 1. The van der Waals surface area contributed by atoms with Crippen LogP contribution in [0.3, 0.4) is 0 Å². The van der Waals surface area contributed by atoms with Gasteiger partial charge in [-0.1, -0.05) is 30.3 Å². The smallest absolute Gasteiger partial charge is 0.338 e. The number of halogens is 1. The first-order valence-electron chi connectivity index (χ1n) is 10.1. The molecule has 1 amide bonds. The predicted octanol–water partition coefficient (Wildman–Crippen LogP) is 4.29. The second kappa shape index (κ2) is 9.01. The van der Waals surface area contributed by atoms with Gasteiger partial charge in [-0.15, -0.1) is 0 Å². The van der Waals surface area contributed by atoms with Crippen LogP contribution in [0, 0.1) is 12.7 Å². The summed E-state index contributed by atoms with van der Waals surface area (Å²) in [5.74, 6) is -0.555. The number of nitrogens with zero attached hydrogens (tertiary/aromatic N) is 3. The van der Waals surface area contributed by atoms with E-state index in [9.17, 15) is 14.0 Å². The van der Waals surface area contributed by atoms with Crippen molar-refractivity contribution in [2.45, 2.75) is 13.5 Å². The Balaban J connectivity index is 1.43. The summed E-state index contributed by atoms with van der Waals surface area (Å²) in [5.41, 5.74) is 3.49. The monoisotopic (exact) mass is 431 g/mol. The topological polar surface area (TPSA) is 64.4 Å². The number of hydrogen-bond acceptors (Lipinski definition) is 4. The quantitative estimate of drug-likeness (QED) is 0.427. The maximum absolute atomic E-state index is 13.3. The van der Waals surface area contributed by atoms with Gasteiger partial charge in [0.25, 0.3) is 5.91 Å². The molecule has 1 aromatic heterocycles. The lowest BCUT2D eigenvalue weighted by Crippen LogP contribution is -2.30. The summed E-state index contributed by atoms with van der Waals surface area (Å²) >= 11 is 0. The Hall–Kier alpha value is -4.00. The molecule has 0 aliphatic carbocycles. The first-order chi connectivity index (χ1) is 15.4. The van der Waals surface area contributed by atoms with Gasteiger partial charge in [0.1, 0.15) is 11.6 Å². The molecule has 0 fully saturated rings. The predicted molar refractivity (Wildman–Crippen MR) is 119 cm³/mol. The van der Waals surface area contributed by atoms with E-state index in [1.807, 2.05) is 47.9 Å². The van der Waals surface area contributed by atoms with Crippen LogP contribution in [-0.4, -0.2) is 40.0 Å². The van der Waals surface area contributed by atoms with Crippen molar-refractivity contribution in [1.29, 1.82) is 0 Å². The third-order valence-corrected chi connectivity index (χ3v) is 5.13. The zero-order chi connectivity index (χ0) is 22.7. The average molecular weight is 431 g/mol. The highest BCUT2D eigenvalue weighted by Gasteiger charge is 2.16. The van der Waals surface area contributed by atoms with Crippen LogP contribution in [0.1, 0.15) is 21.7 Å². The van der Waals surface area contributed by atoms with E-state index in [1.165, 1.54) is 17.0 Å². The van der Waals surface area contributed by atoms with E-state index >= 15 is 0 Å². The molecular formula is C25H22FN3O3. The second-order valence-electron chi connectivity index (χ2n) is 7.49. The molecule has 7 heteroatoms. The highest BCUT2D eigenvalue weighted by Crippen LogP contribution is 2.22. The fourth-order valence-electron chi connectivity index (χ4n) is 3.55. The molecule has 1 heterocycles. The van der Waals surface area contributed by atoms with Crippen molar-refractivity contribution in [3.8, 4) is 5.69 Å². The highest BCUT2D eigenvalue weighted by molar-refractivity contribution is 5.95. The first-order valence-corrected chi connectivity index (χ1v) is 10.1. The molecule has 0 N–H and O–H groups in total. The third-order valence-electron chi connectivity index (χ3n) is 5.13. The van der Waals surface area contributed by atoms with Crippen LogP contribution in [0.25, 0.3) is 16.7 Å². The minimum absolute atomic E-state index is 0.219. The Morgan fingerprint density at radius 1 is 1.03 bits per heavy atom. The molecular weight excluding hydrogens is 409 g/mol. The van der Waals surface area contributed by atoms with Crippen LogP contribution in [-0.2, 0) is 16.1 Å². The number of aryl methyl sites for hydroxylation is 1. The summed E-state index contributed by atoms with van der Waals surface area (Å²) in [6, 6.07) is 21.0. The van der Waals surface area contributed by atoms with Crippen LogP contribution in [0.4, 0.5) is 4.39 Å². The second-order valence-corrected chi connectivity index (χ2v) is 7.49. The number of imidazole rings is 1. The van der Waals surface area contributed by atoms with Gasteiger partial charge < -0.3 is 9.64 Å². The molecule has 4 rings (SSSR count). The van der Waals surface area contributed by atoms with Gasteiger partial charge in [0, 0.05) is 19.3 Å². The summed E-state index contributed by atoms with van der Waals surface area (Å²) in [6.07, 6.45) is 0. The summed E-state index contributed by atoms with van der Waals surface area (Å²) in [6.45, 7) is 1.72. The SMILES string of the molecule is Cc1nc2cc(C(=O)OCC(=O)N(C)Cc3cccc(F)c3)ccc2n1-c1ccccc1. The lowest BCUT2D eigenvalue weighted by molar-refractivity contribution is -0.133. The van der Waals surface area contributed by atoms with Gasteiger partial charge in [-0.25, -0.2) is 14.2 Å². The number of para-hydroxylation sites is 1. The van der Waals surface area contributed by atoms with E-state index in [-0.39, 0.29) is 18.3 Å². The van der Waals surface area contributed by atoms with E-state index in [4.69, 9.17) is 4.74 Å². The molecule has 0 aliphatic rings. The number of amides is 1. The van der Waals surface area contributed by atoms with Crippen LogP contribution in [0.15, 0.2) is 72.8 Å². The molecule has 0 saturated carbocycles. The molecule has 0 saturated heterocycles. The van der Waals surface area contributed by atoms with Crippen molar-refractivity contribution in [3.63, 3.8) is 0 Å². The van der Waals surface area contributed by atoms with Gasteiger partial charge in [0.15, 0.2) is 6.61 Å². The van der Waals surface area contributed by atoms with Crippen molar-refractivity contribution in [3.05, 3.63) is 95.6 Å². The molecule has 3 aromatic carbocycles. The number of likely N-dealkylation sites (N-methyl/N-ethyl adjacent to an activating group) is 1. The van der Waals surface area contributed by atoms with Crippen LogP contribution in [0.5, 0.6) is 0 Å². The molecule has 6 nitrogen and oxygen atoms in total. The lowest BCUT2D eigenvalue weighted by Gasteiger charge is -2.17. The maximum Gasteiger partial charge on any atom is 0.338 e. The van der Waals surface area contributed by atoms with Crippen molar-refractivity contribution < 1.29 is 18.7 Å². The zero-order valence-electron chi connectivity index (χ0n) is 17.8. The van der Waals surface area contributed by atoms with Crippen molar-refractivity contribution in [1.82, 2.24) is 14.5 Å². The van der Waals surface area contributed by atoms with Gasteiger partial charge in [-0.3, -0.25) is 9.36 Å². The number of hydrogen-bond donors (Lipinski definition) is 0. The Morgan fingerprint density at radius 2 is 1.81 bits per heavy atom. The van der Waals surface area contributed by atoms with E-state index in [0.29, 0.717) is 16.6 Å². The number of fused-ring (bicyclic) bond motifs is 1. The lowest BCUT2D eigenvalue weighted by atomic mass is 10.2. The molecule has 0 radical (unpaired) electrons. The number of carbonyl (C=O) groups is 2. The van der Waals surface area contributed by atoms with Crippen LogP contribution >= 0.6 is 0 Å². The maximum atomic E-state index is 13.3. The first kappa shape index (κ1) is 21.2. The minimum atomic E-state index is -0.605. The Kier molecular flexibility index (Phi) is 5.98. The molecule has 0 aliphatic heterocycles. The van der Waals surface area contributed by atoms with E-state index < -0.39 is 12.6 Å². The number of aromatic nitrogens is 2. The van der Waals surface area contributed by atoms with E-state index in [1.54, 1.807) is 31.3 Å². The van der Waals surface area contributed by atoms with Gasteiger partial charge in [-0.05, 0) is 55.0 Å². The number of esters is 1. The number of rotatable bonds is 6. The number of benzene rings is 3. The molecule has 0 atom stereocenters. The minimum Gasteiger partial charge on any atom is -0.452 e. The Morgan fingerprint density at radius 3 is 2.56 bits per heavy atom. The van der Waals surface area contributed by atoms with Gasteiger partial charge in [0.05, 0.1) is 16.6 Å². The fourth-order valence-corrected chi connectivity index (χ4v) is 3.55. The average Bonchev–Trinajstić information content (AvgIpc) is 3.12. The molecule has 4 aromatic rings. The van der Waals surface area contributed by atoms with Crippen LogP contribution < -0.4 is 0 Å². The molecule has 0 bridgehead atoms. The van der Waals surface area contributed by atoms with E-state index in [0.717, 1.165) is 17.0 Å². The van der Waals surface area contributed by atoms with Gasteiger partial charge in [-0.2, -0.15) is 0 Å². The highest BCUT2D eigenvalue weighted by atomic mass is 19.1. The summed E-state index contributed by atoms with van der Waals surface area (Å²) < 4.78 is 20.5. The summed E-state index contributed by atoms with van der Waals surface area (Å²) in [4.78, 5) is 30.8. The van der Waals surface area contributed by atoms with Crippen molar-refractivity contribution in [2.75, 3.05) is 13.7 Å². The van der Waals surface area contributed by atoms with Gasteiger partial charge in [0.2, 0.25) is 0 Å².